The number of carbonyl (C=O) groups excluding carboxylic acids is 2. The Balaban J connectivity index is 1.81. The minimum atomic E-state index is -0.416. The Morgan fingerprint density at radius 1 is 1.04 bits per heavy atom. The van der Waals surface area contributed by atoms with E-state index in [0.717, 1.165) is 24.8 Å². The molecule has 1 saturated carbocycles. The number of esters is 1. The molecule has 2 rings (SSSR count). The molecule has 28 heavy (non-hydrogen) atoms. The van der Waals surface area contributed by atoms with E-state index in [9.17, 15) is 9.59 Å². The van der Waals surface area contributed by atoms with Crippen molar-refractivity contribution in [2.45, 2.75) is 51.5 Å². The molecule has 0 aromatic heterocycles. The summed E-state index contributed by atoms with van der Waals surface area (Å²) in [6.45, 7) is 1.91. The minimum absolute atomic E-state index is 0.158. The topological polar surface area (TPSA) is 83.1 Å². The van der Waals surface area contributed by atoms with Crippen molar-refractivity contribution < 1.29 is 28.5 Å². The van der Waals surface area contributed by atoms with Gasteiger partial charge >= 0.3 is 5.97 Å². The molecular formula is C21H31NO6. The first-order valence-electron chi connectivity index (χ1n) is 9.72. The molecule has 0 spiro atoms. The Morgan fingerprint density at radius 3 is 2.25 bits per heavy atom. The summed E-state index contributed by atoms with van der Waals surface area (Å²) in [6.07, 6.45) is 5.05. The average Bonchev–Trinajstić information content (AvgIpc) is 2.71. The number of amides is 1. The van der Waals surface area contributed by atoms with E-state index in [1.54, 1.807) is 26.4 Å². The van der Waals surface area contributed by atoms with Gasteiger partial charge in [0.05, 0.1) is 21.3 Å². The fraction of sp³-hybridized carbons (Fsp3) is 0.619. The van der Waals surface area contributed by atoms with Gasteiger partial charge in [0.1, 0.15) is 0 Å². The monoisotopic (exact) mass is 393 g/mol. The fourth-order valence-electron chi connectivity index (χ4n) is 3.52. The van der Waals surface area contributed by atoms with E-state index in [1.165, 1.54) is 13.5 Å². The van der Waals surface area contributed by atoms with E-state index in [0.29, 0.717) is 29.6 Å². The van der Waals surface area contributed by atoms with E-state index in [-0.39, 0.29) is 25.0 Å². The molecule has 156 valence electrons. The van der Waals surface area contributed by atoms with E-state index >= 15 is 0 Å². The highest BCUT2D eigenvalue weighted by atomic mass is 16.5. The Kier molecular flexibility index (Phi) is 8.42. The van der Waals surface area contributed by atoms with E-state index in [4.69, 9.17) is 18.9 Å². The molecule has 1 aliphatic rings. The lowest BCUT2D eigenvalue weighted by Gasteiger charge is -2.29. The summed E-state index contributed by atoms with van der Waals surface area (Å²) in [5.74, 6) is 1.39. The smallest absolute Gasteiger partial charge is 0.306 e. The van der Waals surface area contributed by atoms with Crippen molar-refractivity contribution in [3.05, 3.63) is 17.7 Å². The molecule has 0 unspecified atom stereocenters. The van der Waals surface area contributed by atoms with Crippen LogP contribution in [0.3, 0.4) is 0 Å². The van der Waals surface area contributed by atoms with Crippen molar-refractivity contribution in [3.63, 3.8) is 0 Å². The zero-order valence-electron chi connectivity index (χ0n) is 17.2. The molecule has 1 aromatic carbocycles. The SMILES string of the molecule is COc1cc(CCC(=O)OCC(=O)N[C@@H]2CCCC[C@@H]2C)cc(OC)c1OC. The second kappa shape index (κ2) is 10.8. The normalized spacial score (nSPS) is 18.9. The molecule has 1 N–H and O–H groups in total. The summed E-state index contributed by atoms with van der Waals surface area (Å²) in [4.78, 5) is 24.1. The Morgan fingerprint density at radius 2 is 1.68 bits per heavy atom. The van der Waals surface area contributed by atoms with Gasteiger partial charge in [0, 0.05) is 12.5 Å². The number of carbonyl (C=O) groups is 2. The van der Waals surface area contributed by atoms with Gasteiger partial charge in [0.25, 0.3) is 5.91 Å². The standard InChI is InChI=1S/C21H31NO6/c1-14-7-5-6-8-16(14)22-19(23)13-28-20(24)10-9-15-11-17(25-2)21(27-4)18(12-15)26-3/h11-12,14,16H,5-10,13H2,1-4H3,(H,22,23)/t14-,16+/m0/s1. The van der Waals surface area contributed by atoms with Crippen molar-refractivity contribution in [3.8, 4) is 17.2 Å². The summed E-state index contributed by atoms with van der Waals surface area (Å²) >= 11 is 0. The number of hydrogen-bond donors (Lipinski definition) is 1. The molecule has 0 radical (unpaired) electrons. The summed E-state index contributed by atoms with van der Waals surface area (Å²) in [5.41, 5.74) is 0.854. The summed E-state index contributed by atoms with van der Waals surface area (Å²) < 4.78 is 21.0. The maximum atomic E-state index is 12.0. The van der Waals surface area contributed by atoms with Crippen molar-refractivity contribution in [1.82, 2.24) is 5.32 Å². The lowest BCUT2D eigenvalue weighted by atomic mass is 9.86. The van der Waals surface area contributed by atoms with E-state index < -0.39 is 5.97 Å². The molecule has 0 aliphatic heterocycles. The van der Waals surface area contributed by atoms with Gasteiger partial charge in [-0.1, -0.05) is 19.8 Å². The number of rotatable bonds is 9. The molecule has 2 atom stereocenters. The molecule has 0 saturated heterocycles. The van der Waals surface area contributed by atoms with E-state index in [1.807, 2.05) is 0 Å². The lowest BCUT2D eigenvalue weighted by Crippen LogP contribution is -2.42. The van der Waals surface area contributed by atoms with Crippen molar-refractivity contribution in [2.75, 3.05) is 27.9 Å². The van der Waals surface area contributed by atoms with E-state index in [2.05, 4.69) is 12.2 Å². The van der Waals surface area contributed by atoms with Gasteiger partial charge in [-0.05, 0) is 42.9 Å². The molecule has 0 bridgehead atoms. The first-order chi connectivity index (χ1) is 13.5. The predicted molar refractivity (Wildman–Crippen MR) is 105 cm³/mol. The van der Waals surface area contributed by atoms with Gasteiger partial charge in [-0.2, -0.15) is 0 Å². The zero-order valence-corrected chi connectivity index (χ0v) is 17.2. The van der Waals surface area contributed by atoms with Crippen LogP contribution < -0.4 is 19.5 Å². The molecular weight excluding hydrogens is 362 g/mol. The highest BCUT2D eigenvalue weighted by Crippen LogP contribution is 2.38. The van der Waals surface area contributed by atoms with Crippen LogP contribution in [0.25, 0.3) is 0 Å². The predicted octanol–water partition coefficient (Wildman–Crippen LogP) is 2.88. The number of ether oxygens (including phenoxy) is 4. The van der Waals surface area contributed by atoms with Crippen LogP contribution >= 0.6 is 0 Å². The van der Waals surface area contributed by atoms with Gasteiger partial charge in [-0.3, -0.25) is 9.59 Å². The summed E-state index contributed by atoms with van der Waals surface area (Å²) in [5, 5.41) is 2.98. The van der Waals surface area contributed by atoms with Crippen molar-refractivity contribution >= 4 is 11.9 Å². The highest BCUT2D eigenvalue weighted by molar-refractivity contribution is 5.80. The first kappa shape index (κ1) is 21.9. The number of hydrogen-bond acceptors (Lipinski definition) is 6. The minimum Gasteiger partial charge on any atom is -0.493 e. The quantitative estimate of drug-likeness (QED) is 0.650. The fourth-order valence-corrected chi connectivity index (χ4v) is 3.52. The van der Waals surface area contributed by atoms with Gasteiger partial charge in [-0.15, -0.1) is 0 Å². The molecule has 0 heterocycles. The van der Waals surface area contributed by atoms with Crippen LogP contribution in [0.2, 0.25) is 0 Å². The number of aryl methyl sites for hydroxylation is 1. The first-order valence-corrected chi connectivity index (χ1v) is 9.72. The Labute approximate surface area is 166 Å². The van der Waals surface area contributed by atoms with Crippen LogP contribution in [-0.4, -0.2) is 45.9 Å². The second-order valence-corrected chi connectivity index (χ2v) is 7.13. The number of methoxy groups -OCH3 is 3. The zero-order chi connectivity index (χ0) is 20.5. The molecule has 1 fully saturated rings. The highest BCUT2D eigenvalue weighted by Gasteiger charge is 2.23. The maximum Gasteiger partial charge on any atom is 0.306 e. The Bertz CT molecular complexity index is 650. The Hall–Kier alpha value is -2.44. The lowest BCUT2D eigenvalue weighted by molar-refractivity contribution is -0.148. The van der Waals surface area contributed by atoms with Crippen LogP contribution in [0.15, 0.2) is 12.1 Å². The van der Waals surface area contributed by atoms with Crippen LogP contribution in [0, 0.1) is 5.92 Å². The van der Waals surface area contributed by atoms with Crippen LogP contribution in [-0.2, 0) is 20.7 Å². The van der Waals surface area contributed by atoms with Crippen molar-refractivity contribution in [2.24, 2.45) is 5.92 Å². The average molecular weight is 393 g/mol. The van der Waals surface area contributed by atoms with Gasteiger partial charge in [0.2, 0.25) is 5.75 Å². The third-order valence-corrected chi connectivity index (χ3v) is 5.16. The number of benzene rings is 1. The summed E-state index contributed by atoms with van der Waals surface area (Å²) in [6, 6.07) is 3.77. The van der Waals surface area contributed by atoms with Gasteiger partial charge in [0.15, 0.2) is 18.1 Å². The van der Waals surface area contributed by atoms with Crippen molar-refractivity contribution in [1.29, 1.82) is 0 Å². The van der Waals surface area contributed by atoms with Crippen LogP contribution in [0.4, 0.5) is 0 Å². The largest absolute Gasteiger partial charge is 0.493 e. The third kappa shape index (κ3) is 6.04. The molecule has 1 amide bonds. The molecule has 7 nitrogen and oxygen atoms in total. The number of nitrogens with one attached hydrogen (secondary N) is 1. The molecule has 1 aliphatic carbocycles. The third-order valence-electron chi connectivity index (χ3n) is 5.16. The molecule has 7 heteroatoms. The van der Waals surface area contributed by atoms with Crippen LogP contribution in [0.1, 0.15) is 44.6 Å². The molecule has 1 aromatic rings. The second-order valence-electron chi connectivity index (χ2n) is 7.13. The maximum absolute atomic E-state index is 12.0. The van der Waals surface area contributed by atoms with Gasteiger partial charge in [-0.25, -0.2) is 0 Å². The van der Waals surface area contributed by atoms with Crippen LogP contribution in [0.5, 0.6) is 17.2 Å². The summed E-state index contributed by atoms with van der Waals surface area (Å²) in [7, 11) is 4.62. The van der Waals surface area contributed by atoms with Gasteiger partial charge < -0.3 is 24.3 Å².